The summed E-state index contributed by atoms with van der Waals surface area (Å²) in [5, 5.41) is 5.86. The zero-order chi connectivity index (χ0) is 28.9. The van der Waals surface area contributed by atoms with Gasteiger partial charge in [0.05, 0.1) is 6.61 Å². The van der Waals surface area contributed by atoms with Crippen LogP contribution in [0.1, 0.15) is 62.1 Å². The monoisotopic (exact) mass is 551 g/mol. The number of benzene rings is 1. The minimum absolute atomic E-state index is 0.00199. The van der Waals surface area contributed by atoms with Gasteiger partial charge in [-0.1, -0.05) is 6.07 Å². The van der Waals surface area contributed by atoms with E-state index < -0.39 is 6.04 Å². The first-order chi connectivity index (χ1) is 19.2. The molecular formula is C30H41N5O5. The highest BCUT2D eigenvalue weighted by Gasteiger charge is 2.25. The van der Waals surface area contributed by atoms with Gasteiger partial charge in [0.25, 0.3) is 0 Å². The Kier molecular flexibility index (Phi) is 11.9. The Balaban J connectivity index is 0.00000103. The molecule has 2 atom stereocenters. The number of fused-ring (bicyclic) bond motifs is 4. The molecule has 2 unspecified atom stereocenters. The van der Waals surface area contributed by atoms with Crippen LogP contribution in [0.15, 0.2) is 42.7 Å². The zero-order valence-corrected chi connectivity index (χ0v) is 23.5. The smallest absolute Gasteiger partial charge is 0.242 e. The van der Waals surface area contributed by atoms with Crippen molar-refractivity contribution in [1.82, 2.24) is 20.5 Å². The lowest BCUT2D eigenvalue weighted by molar-refractivity contribution is -0.135. The van der Waals surface area contributed by atoms with E-state index >= 15 is 0 Å². The van der Waals surface area contributed by atoms with Crippen molar-refractivity contribution in [3.63, 3.8) is 0 Å². The van der Waals surface area contributed by atoms with Gasteiger partial charge in [-0.25, -0.2) is 0 Å². The first-order valence-corrected chi connectivity index (χ1v) is 13.9. The van der Waals surface area contributed by atoms with Crippen LogP contribution in [0, 0.1) is 12.8 Å². The molecule has 2 aliphatic heterocycles. The van der Waals surface area contributed by atoms with E-state index in [0.29, 0.717) is 38.5 Å². The van der Waals surface area contributed by atoms with Crippen LogP contribution >= 0.6 is 0 Å². The summed E-state index contributed by atoms with van der Waals surface area (Å²) < 4.78 is 6.04. The van der Waals surface area contributed by atoms with E-state index in [0.717, 1.165) is 48.2 Å². The predicted molar refractivity (Wildman–Crippen MR) is 151 cm³/mol. The Bertz CT molecular complexity index is 1150. The number of carbonyl (C=O) groups excluding carboxylic acids is 4. The molecule has 3 heterocycles. The molecule has 1 aromatic heterocycles. The van der Waals surface area contributed by atoms with Crippen molar-refractivity contribution in [2.75, 3.05) is 19.7 Å². The number of ether oxygens (including phenoxy) is 1. The van der Waals surface area contributed by atoms with E-state index in [2.05, 4.69) is 21.4 Å². The number of primary amides is 1. The molecule has 40 heavy (non-hydrogen) atoms. The van der Waals surface area contributed by atoms with E-state index in [1.807, 2.05) is 42.2 Å². The minimum atomic E-state index is -0.696. The summed E-state index contributed by atoms with van der Waals surface area (Å²) in [6.45, 7) is 5.68. The Morgan fingerprint density at radius 3 is 2.62 bits per heavy atom. The molecule has 4 rings (SSSR count). The highest BCUT2D eigenvalue weighted by Crippen LogP contribution is 2.23. The maximum Gasteiger partial charge on any atom is 0.242 e. The topological polar surface area (TPSA) is 144 Å². The molecule has 0 aliphatic carbocycles. The maximum atomic E-state index is 13.1. The first-order valence-electron chi connectivity index (χ1n) is 13.9. The number of rotatable bonds is 3. The standard InChI is InChI=1S/C28H36N4O4.C2H5NO/c1-20-4-6-24-17-23(20)18-30-28(35)25(7-5-21-10-13-29-14-11-21)31-26(33)8-9-27(34)32-15-2-3-22(19-32)12-16-36-24;1-2(3)4/h4,6,10-11,13-14,17,22,25H,2-3,5,7-9,12,15-16,18-19H2,1H3,(H,30,35)(H,31,33);1H3,(H2,3,4). The second-order valence-corrected chi connectivity index (χ2v) is 10.4. The number of aryl methyl sites for hydroxylation is 2. The summed E-state index contributed by atoms with van der Waals surface area (Å²) >= 11 is 0. The summed E-state index contributed by atoms with van der Waals surface area (Å²) in [7, 11) is 0. The highest BCUT2D eigenvalue weighted by molar-refractivity contribution is 5.89. The molecule has 1 fully saturated rings. The van der Waals surface area contributed by atoms with Crippen LogP contribution in [-0.2, 0) is 32.1 Å². The first kappa shape index (κ1) is 30.6. The SMILES string of the molecule is CC(N)=O.Cc1ccc2cc1CNC(=O)C(CCc1ccncc1)NC(=O)CCC(=O)N1CCCC(CCO2)C1. The second-order valence-electron chi connectivity index (χ2n) is 10.4. The summed E-state index contributed by atoms with van der Waals surface area (Å²) in [6.07, 6.45) is 7.65. The number of nitrogens with zero attached hydrogens (tertiary/aromatic N) is 2. The average molecular weight is 552 g/mol. The molecule has 2 aliphatic rings. The van der Waals surface area contributed by atoms with E-state index in [1.165, 1.54) is 6.92 Å². The third-order valence-corrected chi connectivity index (χ3v) is 7.13. The van der Waals surface area contributed by atoms with Crippen molar-refractivity contribution in [2.24, 2.45) is 11.7 Å². The number of hydrogen-bond donors (Lipinski definition) is 3. The van der Waals surface area contributed by atoms with Crippen LogP contribution in [0.25, 0.3) is 0 Å². The summed E-state index contributed by atoms with van der Waals surface area (Å²) in [6, 6.07) is 9.03. The average Bonchev–Trinajstić information content (AvgIpc) is 2.94. The Hall–Kier alpha value is -3.95. The fourth-order valence-electron chi connectivity index (χ4n) is 4.88. The van der Waals surface area contributed by atoms with Gasteiger partial charge in [0.1, 0.15) is 11.8 Å². The van der Waals surface area contributed by atoms with Crippen molar-refractivity contribution in [2.45, 2.75) is 71.4 Å². The number of nitrogens with one attached hydrogen (secondary N) is 2. The van der Waals surface area contributed by atoms with Crippen LogP contribution in [0.4, 0.5) is 0 Å². The van der Waals surface area contributed by atoms with Gasteiger partial charge in [-0.15, -0.1) is 0 Å². The fourth-order valence-corrected chi connectivity index (χ4v) is 4.88. The van der Waals surface area contributed by atoms with E-state index in [9.17, 15) is 19.2 Å². The molecule has 4 amide bonds. The Morgan fingerprint density at radius 1 is 1.12 bits per heavy atom. The summed E-state index contributed by atoms with van der Waals surface area (Å²) in [5.41, 5.74) is 7.56. The number of piperidine rings is 1. The van der Waals surface area contributed by atoms with E-state index in [1.54, 1.807) is 12.4 Å². The number of carbonyl (C=O) groups is 4. The van der Waals surface area contributed by atoms with E-state index in [4.69, 9.17) is 4.74 Å². The highest BCUT2D eigenvalue weighted by atomic mass is 16.5. The number of hydrogen-bond acceptors (Lipinski definition) is 6. The lowest BCUT2D eigenvalue weighted by atomic mass is 9.95. The number of pyridine rings is 1. The number of aromatic nitrogens is 1. The molecule has 4 bridgehead atoms. The lowest BCUT2D eigenvalue weighted by Crippen LogP contribution is -2.47. The van der Waals surface area contributed by atoms with Crippen molar-refractivity contribution in [3.05, 3.63) is 59.4 Å². The molecule has 1 saturated heterocycles. The summed E-state index contributed by atoms with van der Waals surface area (Å²) in [5.74, 6) is 0.321. The molecule has 0 spiro atoms. The molecule has 1 aromatic carbocycles. The predicted octanol–water partition coefficient (Wildman–Crippen LogP) is 2.42. The van der Waals surface area contributed by atoms with Crippen molar-refractivity contribution in [3.8, 4) is 5.75 Å². The largest absolute Gasteiger partial charge is 0.494 e. The van der Waals surface area contributed by atoms with Gasteiger partial charge < -0.3 is 26.0 Å². The van der Waals surface area contributed by atoms with Crippen LogP contribution in [0.2, 0.25) is 0 Å². The van der Waals surface area contributed by atoms with Crippen LogP contribution in [0.3, 0.4) is 0 Å². The van der Waals surface area contributed by atoms with Crippen LogP contribution in [-0.4, -0.2) is 59.3 Å². The number of nitrogens with two attached hydrogens (primary N) is 1. The molecule has 2 aromatic rings. The number of amides is 4. The molecular weight excluding hydrogens is 510 g/mol. The fraction of sp³-hybridized carbons (Fsp3) is 0.500. The van der Waals surface area contributed by atoms with E-state index in [-0.39, 0.29) is 36.5 Å². The molecule has 0 radical (unpaired) electrons. The molecule has 4 N–H and O–H groups in total. The van der Waals surface area contributed by atoms with Crippen molar-refractivity contribution in [1.29, 1.82) is 0 Å². The third kappa shape index (κ3) is 10.3. The van der Waals surface area contributed by atoms with Gasteiger partial charge in [-0.3, -0.25) is 24.2 Å². The molecule has 0 saturated carbocycles. The third-order valence-electron chi connectivity index (χ3n) is 7.13. The van der Waals surface area contributed by atoms with Gasteiger partial charge in [-0.2, -0.15) is 0 Å². The van der Waals surface area contributed by atoms with Crippen molar-refractivity contribution < 1.29 is 23.9 Å². The lowest BCUT2D eigenvalue weighted by Gasteiger charge is -2.33. The summed E-state index contributed by atoms with van der Waals surface area (Å²) in [4.78, 5) is 53.8. The Morgan fingerprint density at radius 2 is 1.88 bits per heavy atom. The van der Waals surface area contributed by atoms with Gasteiger partial charge in [0, 0.05) is 51.8 Å². The van der Waals surface area contributed by atoms with Gasteiger partial charge in [0.2, 0.25) is 23.6 Å². The maximum absolute atomic E-state index is 13.1. The van der Waals surface area contributed by atoms with Gasteiger partial charge in [-0.05, 0) is 85.9 Å². The molecule has 216 valence electrons. The quantitative estimate of drug-likeness (QED) is 0.535. The zero-order valence-electron chi connectivity index (χ0n) is 23.5. The van der Waals surface area contributed by atoms with Crippen molar-refractivity contribution >= 4 is 23.6 Å². The normalized spacial score (nSPS) is 20.4. The van der Waals surface area contributed by atoms with Crippen LogP contribution in [0.5, 0.6) is 5.75 Å². The molecule has 10 heteroatoms. The Labute approximate surface area is 236 Å². The second kappa shape index (κ2) is 15.6. The van der Waals surface area contributed by atoms with Gasteiger partial charge in [0.15, 0.2) is 0 Å². The van der Waals surface area contributed by atoms with Crippen LogP contribution < -0.4 is 21.1 Å². The molecule has 10 nitrogen and oxygen atoms in total. The van der Waals surface area contributed by atoms with Gasteiger partial charge >= 0.3 is 0 Å². The minimum Gasteiger partial charge on any atom is -0.494 e.